The minimum atomic E-state index is -0.307. The molecular weight excluding hydrogens is 296 g/mol. The number of nitrogens with one attached hydrogen (secondary N) is 2. The van der Waals surface area contributed by atoms with E-state index in [1.54, 1.807) is 13.1 Å². The van der Waals surface area contributed by atoms with Crippen LogP contribution in [-0.2, 0) is 26.6 Å². The zero-order valence-electron chi connectivity index (χ0n) is 12.7. The highest BCUT2D eigenvalue weighted by molar-refractivity contribution is 5.98. The highest BCUT2D eigenvalue weighted by atomic mass is 16.2. The summed E-state index contributed by atoms with van der Waals surface area (Å²) in [5.41, 5.74) is 2.02. The van der Waals surface area contributed by atoms with Crippen LogP contribution in [0.5, 0.6) is 0 Å². The van der Waals surface area contributed by atoms with Gasteiger partial charge in [0.2, 0.25) is 0 Å². The molecule has 4 rings (SSSR count). The topological polar surface area (TPSA) is 103 Å². The molecule has 2 N–H and O–H groups in total. The van der Waals surface area contributed by atoms with Crippen molar-refractivity contribution in [2.24, 2.45) is 7.05 Å². The van der Waals surface area contributed by atoms with E-state index in [9.17, 15) is 4.79 Å². The van der Waals surface area contributed by atoms with E-state index in [2.05, 4.69) is 35.6 Å². The Morgan fingerprint density at radius 2 is 2.22 bits per heavy atom. The molecule has 0 saturated heterocycles. The van der Waals surface area contributed by atoms with Crippen molar-refractivity contribution in [3.8, 4) is 0 Å². The van der Waals surface area contributed by atoms with Gasteiger partial charge < -0.3 is 15.2 Å². The van der Waals surface area contributed by atoms with Gasteiger partial charge in [0.25, 0.3) is 0 Å². The fourth-order valence-electron chi connectivity index (χ4n) is 2.81. The third-order valence-electron chi connectivity index (χ3n) is 3.85. The molecule has 9 nitrogen and oxygen atoms in total. The lowest BCUT2D eigenvalue weighted by molar-refractivity contribution is 0.251. The number of amides is 2. The Balaban J connectivity index is 1.45. The summed E-state index contributed by atoms with van der Waals surface area (Å²) >= 11 is 0. The Kier molecular flexibility index (Phi) is 3.18. The fourth-order valence-corrected chi connectivity index (χ4v) is 2.81. The molecule has 1 aliphatic rings. The summed E-state index contributed by atoms with van der Waals surface area (Å²) < 4.78 is 2.06. The van der Waals surface area contributed by atoms with E-state index in [0.29, 0.717) is 17.7 Å². The molecule has 0 fully saturated rings. The lowest BCUT2D eigenvalue weighted by Gasteiger charge is -2.08. The molecule has 3 aromatic rings. The van der Waals surface area contributed by atoms with Gasteiger partial charge >= 0.3 is 6.03 Å². The minimum Gasteiger partial charge on any atom is -0.331 e. The third-order valence-corrected chi connectivity index (χ3v) is 3.85. The maximum atomic E-state index is 12.1. The van der Waals surface area contributed by atoms with E-state index >= 15 is 0 Å². The summed E-state index contributed by atoms with van der Waals surface area (Å²) in [5, 5.41) is 22.3. The van der Waals surface area contributed by atoms with Crippen LogP contribution in [0.1, 0.15) is 18.1 Å². The van der Waals surface area contributed by atoms with Crippen molar-refractivity contribution in [2.75, 3.05) is 5.32 Å². The van der Waals surface area contributed by atoms with E-state index in [4.69, 9.17) is 0 Å². The van der Waals surface area contributed by atoms with Crippen molar-refractivity contribution < 1.29 is 4.79 Å². The molecule has 1 aromatic carbocycles. The maximum absolute atomic E-state index is 12.1. The van der Waals surface area contributed by atoms with Crippen LogP contribution in [0.4, 0.5) is 10.5 Å². The van der Waals surface area contributed by atoms with Crippen molar-refractivity contribution in [3.63, 3.8) is 0 Å². The maximum Gasteiger partial charge on any atom is 0.319 e. The van der Waals surface area contributed by atoms with Crippen LogP contribution >= 0.6 is 0 Å². The van der Waals surface area contributed by atoms with Crippen molar-refractivity contribution >= 4 is 22.8 Å². The van der Waals surface area contributed by atoms with Gasteiger partial charge in [0.1, 0.15) is 16.9 Å². The zero-order valence-corrected chi connectivity index (χ0v) is 12.7. The number of aryl methyl sites for hydroxylation is 2. The second kappa shape index (κ2) is 5.34. The van der Waals surface area contributed by atoms with E-state index in [0.717, 1.165) is 36.6 Å². The van der Waals surface area contributed by atoms with E-state index in [-0.39, 0.29) is 6.03 Å². The molecule has 0 spiro atoms. The molecule has 0 unspecified atom stereocenters. The van der Waals surface area contributed by atoms with Crippen molar-refractivity contribution in [2.45, 2.75) is 25.9 Å². The van der Waals surface area contributed by atoms with Crippen LogP contribution in [0.3, 0.4) is 0 Å². The van der Waals surface area contributed by atoms with Crippen LogP contribution < -0.4 is 10.6 Å². The summed E-state index contributed by atoms with van der Waals surface area (Å²) in [6.45, 7) is 1.26. The summed E-state index contributed by atoms with van der Waals surface area (Å²) in [6, 6.07) is 5.17. The highest BCUT2D eigenvalue weighted by Gasteiger charge is 2.17. The molecule has 3 heterocycles. The number of rotatable bonds is 3. The van der Waals surface area contributed by atoms with Gasteiger partial charge in [-0.25, -0.2) is 4.79 Å². The molecule has 0 saturated carbocycles. The first-order valence-corrected chi connectivity index (χ1v) is 7.46. The smallest absolute Gasteiger partial charge is 0.319 e. The van der Waals surface area contributed by atoms with Crippen molar-refractivity contribution in [3.05, 3.63) is 29.8 Å². The first-order chi connectivity index (χ1) is 11.2. The Morgan fingerprint density at radius 3 is 3.13 bits per heavy atom. The van der Waals surface area contributed by atoms with Crippen LogP contribution in [0.25, 0.3) is 11.0 Å². The molecule has 1 aliphatic heterocycles. The van der Waals surface area contributed by atoms with E-state index in [1.807, 2.05) is 12.1 Å². The molecule has 2 amide bonds. The second-order valence-electron chi connectivity index (χ2n) is 5.46. The van der Waals surface area contributed by atoms with Gasteiger partial charge in [0.15, 0.2) is 5.82 Å². The van der Waals surface area contributed by atoms with Crippen molar-refractivity contribution in [1.82, 2.24) is 35.1 Å². The predicted molar refractivity (Wildman–Crippen MR) is 82.7 cm³/mol. The molecule has 0 atom stereocenters. The lowest BCUT2D eigenvalue weighted by Crippen LogP contribution is -2.29. The quantitative estimate of drug-likeness (QED) is 0.745. The number of nitrogens with zero attached hydrogens (tertiary/aromatic N) is 6. The van der Waals surface area contributed by atoms with E-state index in [1.165, 1.54) is 4.80 Å². The van der Waals surface area contributed by atoms with Crippen LogP contribution in [-0.4, -0.2) is 35.8 Å². The standard InChI is InChI=1S/C14H16N8O/c1-21-19-10-5-2-4-9(13(10)20-21)16-14(23)15-8-12-18-17-11-6-3-7-22(11)12/h2,4-5H,3,6-8H2,1H3,(H2,15,16,23). The number of fused-ring (bicyclic) bond motifs is 2. The molecule has 0 radical (unpaired) electrons. The lowest BCUT2D eigenvalue weighted by atomic mass is 10.2. The van der Waals surface area contributed by atoms with Gasteiger partial charge in [-0.05, 0) is 18.6 Å². The monoisotopic (exact) mass is 312 g/mol. The van der Waals surface area contributed by atoms with Gasteiger partial charge in [-0.15, -0.1) is 10.2 Å². The molecular formula is C14H16N8O. The predicted octanol–water partition coefficient (Wildman–Crippen LogP) is 0.828. The van der Waals surface area contributed by atoms with E-state index < -0.39 is 0 Å². The summed E-state index contributed by atoms with van der Waals surface area (Å²) in [6.07, 6.45) is 2.03. The van der Waals surface area contributed by atoms with Crippen LogP contribution in [0.15, 0.2) is 18.2 Å². The Bertz CT molecular complexity index is 880. The number of aromatic nitrogens is 6. The first kappa shape index (κ1) is 13.7. The molecule has 23 heavy (non-hydrogen) atoms. The van der Waals surface area contributed by atoms with Gasteiger partial charge in [0, 0.05) is 20.0 Å². The number of carbonyl (C=O) groups excluding carboxylic acids is 1. The van der Waals surface area contributed by atoms with Gasteiger partial charge in [-0.2, -0.15) is 15.0 Å². The molecule has 9 heteroatoms. The Hall–Kier alpha value is -2.97. The molecule has 2 aromatic heterocycles. The average molecular weight is 312 g/mol. The SMILES string of the molecule is Cn1nc2cccc(NC(=O)NCc3nnc4n3CCC4)c2n1. The molecule has 118 valence electrons. The van der Waals surface area contributed by atoms with Crippen LogP contribution in [0.2, 0.25) is 0 Å². The fraction of sp³-hybridized carbons (Fsp3) is 0.357. The normalized spacial score (nSPS) is 13.3. The number of anilines is 1. The van der Waals surface area contributed by atoms with Gasteiger partial charge in [0.05, 0.1) is 12.2 Å². The average Bonchev–Trinajstić information content (AvgIpc) is 3.20. The first-order valence-electron chi connectivity index (χ1n) is 7.46. The minimum absolute atomic E-state index is 0.307. The van der Waals surface area contributed by atoms with Crippen molar-refractivity contribution in [1.29, 1.82) is 0 Å². The molecule has 0 aliphatic carbocycles. The summed E-state index contributed by atoms with van der Waals surface area (Å²) in [4.78, 5) is 13.6. The largest absolute Gasteiger partial charge is 0.331 e. The number of hydrogen-bond donors (Lipinski definition) is 2. The number of benzene rings is 1. The molecule has 0 bridgehead atoms. The summed E-state index contributed by atoms with van der Waals surface area (Å²) in [7, 11) is 1.75. The Morgan fingerprint density at radius 1 is 1.30 bits per heavy atom. The number of carbonyl (C=O) groups is 1. The van der Waals surface area contributed by atoms with Gasteiger partial charge in [-0.1, -0.05) is 6.07 Å². The number of hydrogen-bond acceptors (Lipinski definition) is 5. The van der Waals surface area contributed by atoms with Gasteiger partial charge in [-0.3, -0.25) is 0 Å². The Labute approximate surface area is 131 Å². The summed E-state index contributed by atoms with van der Waals surface area (Å²) in [5.74, 6) is 1.77. The second-order valence-corrected chi connectivity index (χ2v) is 5.46. The van der Waals surface area contributed by atoms with Crippen LogP contribution in [0, 0.1) is 0 Å². The highest BCUT2D eigenvalue weighted by Crippen LogP contribution is 2.19. The zero-order chi connectivity index (χ0) is 15.8. The number of urea groups is 1. The third kappa shape index (κ3) is 2.50.